The van der Waals surface area contributed by atoms with Crippen LogP contribution in [0, 0.1) is 5.92 Å². The van der Waals surface area contributed by atoms with Gasteiger partial charge in [-0.25, -0.2) is 4.98 Å². The van der Waals surface area contributed by atoms with E-state index in [4.69, 9.17) is 5.11 Å². The van der Waals surface area contributed by atoms with Gasteiger partial charge in [0.1, 0.15) is 6.10 Å². The Kier molecular flexibility index (Phi) is 3.39. The summed E-state index contributed by atoms with van der Waals surface area (Å²) in [5.41, 5.74) is 2.02. The van der Waals surface area contributed by atoms with Crippen LogP contribution in [-0.4, -0.2) is 21.2 Å². The molecule has 1 aromatic rings. The smallest absolute Gasteiger partial charge is 0.309 e. The van der Waals surface area contributed by atoms with E-state index in [0.717, 1.165) is 0 Å². The molecule has 0 bridgehead atoms. The third-order valence-corrected chi connectivity index (χ3v) is 2.50. The second kappa shape index (κ2) is 4.34. The van der Waals surface area contributed by atoms with Crippen LogP contribution in [0.5, 0.6) is 0 Å². The van der Waals surface area contributed by atoms with Crippen LogP contribution in [0.3, 0.4) is 0 Å². The number of aliphatic hydroxyl groups is 1. The summed E-state index contributed by atoms with van der Waals surface area (Å²) in [6, 6.07) is 0. The number of aliphatic hydroxyl groups excluding tert-OH is 1. The normalized spacial score (nSPS) is 15.2. The lowest BCUT2D eigenvalue weighted by atomic mass is 9.98. The number of nitrogens with zero attached hydrogens (tertiary/aromatic N) is 1. The molecule has 0 amide bonds. The summed E-state index contributed by atoms with van der Waals surface area (Å²) >= 11 is 1.34. The van der Waals surface area contributed by atoms with E-state index in [2.05, 4.69) is 4.98 Å². The summed E-state index contributed by atoms with van der Waals surface area (Å²) in [4.78, 5) is 14.6. The molecule has 0 aliphatic heterocycles. The van der Waals surface area contributed by atoms with Crippen LogP contribution >= 0.6 is 11.3 Å². The molecule has 2 atom stereocenters. The Morgan fingerprint density at radius 3 is 2.85 bits per heavy atom. The van der Waals surface area contributed by atoms with Gasteiger partial charge in [-0.05, 0) is 6.42 Å². The van der Waals surface area contributed by atoms with Crippen molar-refractivity contribution in [2.45, 2.75) is 19.4 Å². The summed E-state index contributed by atoms with van der Waals surface area (Å²) < 4.78 is 0. The fourth-order valence-corrected chi connectivity index (χ4v) is 1.69. The highest BCUT2D eigenvalue weighted by Crippen LogP contribution is 2.24. The lowest BCUT2D eigenvalue weighted by molar-refractivity contribution is -0.146. The average Bonchev–Trinajstić information content (AvgIpc) is 2.56. The van der Waals surface area contributed by atoms with Gasteiger partial charge >= 0.3 is 5.97 Å². The number of carbonyl (C=O) groups is 1. The van der Waals surface area contributed by atoms with Crippen molar-refractivity contribution in [1.82, 2.24) is 4.98 Å². The topological polar surface area (TPSA) is 70.4 Å². The lowest BCUT2D eigenvalue weighted by Gasteiger charge is -2.14. The van der Waals surface area contributed by atoms with Crippen molar-refractivity contribution in [3.8, 4) is 0 Å². The molecule has 1 heterocycles. The Hall–Kier alpha value is -0.940. The van der Waals surface area contributed by atoms with E-state index >= 15 is 0 Å². The van der Waals surface area contributed by atoms with Crippen LogP contribution in [0.2, 0.25) is 0 Å². The van der Waals surface area contributed by atoms with Gasteiger partial charge in [-0.15, -0.1) is 11.3 Å². The molecule has 0 saturated carbocycles. The number of thiazole rings is 1. The molecule has 2 unspecified atom stereocenters. The molecule has 0 radical (unpaired) electrons. The third-order valence-electron chi connectivity index (χ3n) is 1.89. The molecule has 13 heavy (non-hydrogen) atoms. The van der Waals surface area contributed by atoms with Crippen LogP contribution in [0.25, 0.3) is 0 Å². The van der Waals surface area contributed by atoms with Gasteiger partial charge in [-0.1, -0.05) is 6.92 Å². The Labute approximate surface area is 79.9 Å². The van der Waals surface area contributed by atoms with Crippen molar-refractivity contribution in [2.75, 3.05) is 0 Å². The number of carboxylic acid groups (broad SMARTS) is 1. The van der Waals surface area contributed by atoms with Crippen molar-refractivity contribution in [2.24, 2.45) is 5.92 Å². The van der Waals surface area contributed by atoms with Gasteiger partial charge in [0.2, 0.25) is 0 Å². The second-order valence-corrected chi connectivity index (χ2v) is 3.43. The molecule has 0 saturated heterocycles. The fourth-order valence-electron chi connectivity index (χ4n) is 1.11. The Morgan fingerprint density at radius 2 is 2.46 bits per heavy atom. The van der Waals surface area contributed by atoms with Crippen LogP contribution in [0.15, 0.2) is 10.9 Å². The van der Waals surface area contributed by atoms with E-state index in [9.17, 15) is 9.90 Å². The first-order valence-electron chi connectivity index (χ1n) is 3.95. The van der Waals surface area contributed by atoms with E-state index < -0.39 is 18.0 Å². The van der Waals surface area contributed by atoms with Crippen LogP contribution in [0.4, 0.5) is 0 Å². The van der Waals surface area contributed by atoms with Crippen LogP contribution in [0.1, 0.15) is 25.1 Å². The van der Waals surface area contributed by atoms with Gasteiger partial charge in [0.25, 0.3) is 0 Å². The highest BCUT2D eigenvalue weighted by molar-refractivity contribution is 7.07. The molecule has 0 aliphatic carbocycles. The highest BCUT2D eigenvalue weighted by atomic mass is 32.1. The molecule has 4 nitrogen and oxygen atoms in total. The first kappa shape index (κ1) is 10.1. The first-order chi connectivity index (χ1) is 6.16. The number of aliphatic carboxylic acids is 1. The van der Waals surface area contributed by atoms with E-state index in [0.29, 0.717) is 12.1 Å². The molecule has 5 heteroatoms. The molecule has 0 spiro atoms. The van der Waals surface area contributed by atoms with E-state index in [-0.39, 0.29) is 0 Å². The van der Waals surface area contributed by atoms with Crippen molar-refractivity contribution in [1.29, 1.82) is 0 Å². The van der Waals surface area contributed by atoms with E-state index in [1.165, 1.54) is 11.3 Å². The number of hydrogen-bond acceptors (Lipinski definition) is 4. The van der Waals surface area contributed by atoms with Crippen molar-refractivity contribution < 1.29 is 15.0 Å². The summed E-state index contributed by atoms with van der Waals surface area (Å²) in [5.74, 6) is -1.75. The highest BCUT2D eigenvalue weighted by Gasteiger charge is 2.26. The second-order valence-electron chi connectivity index (χ2n) is 2.71. The Bertz CT molecular complexity index is 273. The zero-order chi connectivity index (χ0) is 9.84. The maximum Gasteiger partial charge on any atom is 0.309 e. The third kappa shape index (κ3) is 2.26. The van der Waals surface area contributed by atoms with Gasteiger partial charge in [-0.3, -0.25) is 4.79 Å². The molecule has 0 aliphatic rings. The van der Waals surface area contributed by atoms with Crippen LogP contribution in [-0.2, 0) is 4.79 Å². The number of rotatable bonds is 4. The van der Waals surface area contributed by atoms with Crippen molar-refractivity contribution in [3.05, 3.63) is 16.6 Å². The molecule has 0 fully saturated rings. The van der Waals surface area contributed by atoms with Gasteiger partial charge in [0, 0.05) is 5.38 Å². The minimum absolute atomic E-state index is 0.397. The predicted octanol–water partition coefficient (Wildman–Crippen LogP) is 1.29. The molecule has 2 N–H and O–H groups in total. The minimum atomic E-state index is -0.992. The SMILES string of the molecule is CCC(C(=O)O)C(O)c1cscn1. The van der Waals surface area contributed by atoms with Crippen molar-refractivity contribution >= 4 is 17.3 Å². The van der Waals surface area contributed by atoms with Crippen molar-refractivity contribution in [3.63, 3.8) is 0 Å². The minimum Gasteiger partial charge on any atom is -0.481 e. The fraction of sp³-hybridized carbons (Fsp3) is 0.500. The molecule has 1 aromatic heterocycles. The molecule has 0 aromatic carbocycles. The molecule has 1 rings (SSSR count). The standard InChI is InChI=1S/C8H11NO3S/c1-2-5(8(11)12)7(10)6-3-13-4-9-6/h3-5,7,10H,2H2,1H3,(H,11,12). The maximum atomic E-state index is 10.7. The molecule has 72 valence electrons. The number of carboxylic acids is 1. The summed E-state index contributed by atoms with van der Waals surface area (Å²) in [5, 5.41) is 20.0. The summed E-state index contributed by atoms with van der Waals surface area (Å²) in [7, 11) is 0. The van der Waals surface area contributed by atoms with E-state index in [1.807, 2.05) is 0 Å². The zero-order valence-electron chi connectivity index (χ0n) is 7.17. The summed E-state index contributed by atoms with van der Waals surface area (Å²) in [6.45, 7) is 1.73. The van der Waals surface area contributed by atoms with Crippen LogP contribution < -0.4 is 0 Å². The Balaban J connectivity index is 2.76. The predicted molar refractivity (Wildman–Crippen MR) is 48.5 cm³/mol. The lowest BCUT2D eigenvalue weighted by Crippen LogP contribution is -2.21. The maximum absolute atomic E-state index is 10.7. The van der Waals surface area contributed by atoms with Gasteiger partial charge in [0.15, 0.2) is 0 Å². The largest absolute Gasteiger partial charge is 0.481 e. The number of hydrogen-bond donors (Lipinski definition) is 2. The quantitative estimate of drug-likeness (QED) is 0.770. The molecular weight excluding hydrogens is 190 g/mol. The van der Waals surface area contributed by atoms with Gasteiger partial charge < -0.3 is 10.2 Å². The Morgan fingerprint density at radius 1 is 1.77 bits per heavy atom. The molecular formula is C8H11NO3S. The first-order valence-corrected chi connectivity index (χ1v) is 4.90. The zero-order valence-corrected chi connectivity index (χ0v) is 7.99. The van der Waals surface area contributed by atoms with E-state index in [1.54, 1.807) is 17.8 Å². The summed E-state index contributed by atoms with van der Waals surface area (Å²) in [6.07, 6.45) is -0.595. The van der Waals surface area contributed by atoms with Gasteiger partial charge in [-0.2, -0.15) is 0 Å². The monoisotopic (exact) mass is 201 g/mol. The number of aromatic nitrogens is 1. The average molecular weight is 201 g/mol. The van der Waals surface area contributed by atoms with Gasteiger partial charge in [0.05, 0.1) is 17.1 Å².